The minimum Gasteiger partial charge on any atom is -0.398 e. The number of rotatable bonds is 6. The van der Waals surface area contributed by atoms with Gasteiger partial charge in [-0.15, -0.1) is 11.3 Å². The minimum atomic E-state index is 0.0554. The van der Waals surface area contributed by atoms with Crippen LogP contribution in [0.3, 0.4) is 0 Å². The summed E-state index contributed by atoms with van der Waals surface area (Å²) in [5.41, 5.74) is 16.2. The summed E-state index contributed by atoms with van der Waals surface area (Å²) in [6.45, 7) is 5.68. The molecule has 1 aromatic carbocycles. The van der Waals surface area contributed by atoms with Crippen LogP contribution in [0, 0.1) is 0 Å². The van der Waals surface area contributed by atoms with Gasteiger partial charge >= 0.3 is 0 Å². The lowest BCUT2D eigenvalue weighted by Gasteiger charge is -2.22. The molecule has 1 aromatic heterocycles. The molecule has 4 N–H and O–H groups in total. The molecule has 1 aliphatic rings. The van der Waals surface area contributed by atoms with Crippen molar-refractivity contribution in [1.29, 1.82) is 0 Å². The predicted octanol–water partition coefficient (Wildman–Crippen LogP) is 4.42. The van der Waals surface area contributed by atoms with E-state index in [-0.39, 0.29) is 5.91 Å². The molecular formula is C21H26N4OS. The summed E-state index contributed by atoms with van der Waals surface area (Å²) in [6, 6.07) is 8.00. The molecule has 2 aromatic rings. The number of benzene rings is 1. The highest BCUT2D eigenvalue weighted by Crippen LogP contribution is 2.35. The molecule has 1 aliphatic heterocycles. The van der Waals surface area contributed by atoms with Crippen LogP contribution in [0.4, 0.5) is 11.4 Å². The molecule has 0 unspecified atom stereocenters. The third-order valence-corrected chi connectivity index (χ3v) is 5.45. The number of fused-ring (bicyclic) bond motifs is 1. The van der Waals surface area contributed by atoms with Crippen LogP contribution in [-0.4, -0.2) is 29.7 Å². The van der Waals surface area contributed by atoms with Gasteiger partial charge in [0, 0.05) is 46.6 Å². The zero-order valence-corrected chi connectivity index (χ0v) is 16.7. The SMILES string of the molecule is CCCN(CCC)C(=O)C1=Cc2ccc(-c3cc(N)cs3)cc2N=C(N)C1. The molecular weight excluding hydrogens is 356 g/mol. The van der Waals surface area contributed by atoms with E-state index < -0.39 is 0 Å². The fourth-order valence-corrected chi connectivity index (χ4v) is 4.04. The number of nitrogens with two attached hydrogens (primary N) is 2. The number of amidine groups is 1. The van der Waals surface area contributed by atoms with Gasteiger partial charge in [0.2, 0.25) is 5.91 Å². The number of carbonyl (C=O) groups excluding carboxylic acids is 1. The molecule has 5 nitrogen and oxygen atoms in total. The highest BCUT2D eigenvalue weighted by atomic mass is 32.1. The van der Waals surface area contributed by atoms with E-state index in [2.05, 4.69) is 18.8 Å². The Morgan fingerprint density at radius 3 is 2.56 bits per heavy atom. The quantitative estimate of drug-likeness (QED) is 0.775. The van der Waals surface area contributed by atoms with Crippen LogP contribution in [0.2, 0.25) is 0 Å². The Balaban J connectivity index is 1.96. The van der Waals surface area contributed by atoms with E-state index in [1.807, 2.05) is 40.6 Å². The third-order valence-electron chi connectivity index (χ3n) is 4.45. The summed E-state index contributed by atoms with van der Waals surface area (Å²) >= 11 is 1.60. The van der Waals surface area contributed by atoms with Gasteiger partial charge in [-0.05, 0) is 36.6 Å². The maximum absolute atomic E-state index is 13.0. The summed E-state index contributed by atoms with van der Waals surface area (Å²) in [5, 5.41) is 1.92. The molecule has 0 saturated carbocycles. The Bertz CT molecular complexity index is 891. The highest BCUT2D eigenvalue weighted by molar-refractivity contribution is 7.14. The molecule has 2 heterocycles. The molecule has 1 amide bonds. The van der Waals surface area contributed by atoms with Crippen LogP contribution in [0.1, 0.15) is 38.7 Å². The average molecular weight is 383 g/mol. The number of amides is 1. The number of hydrogen-bond donors (Lipinski definition) is 2. The fraction of sp³-hybridized carbons (Fsp3) is 0.333. The molecule has 0 radical (unpaired) electrons. The normalized spacial score (nSPS) is 13.4. The maximum Gasteiger partial charge on any atom is 0.250 e. The van der Waals surface area contributed by atoms with Gasteiger partial charge in [0.15, 0.2) is 0 Å². The Morgan fingerprint density at radius 1 is 1.19 bits per heavy atom. The number of carbonyl (C=O) groups is 1. The average Bonchev–Trinajstić information content (AvgIpc) is 3.00. The van der Waals surface area contributed by atoms with Crippen LogP contribution in [0.15, 0.2) is 40.2 Å². The van der Waals surface area contributed by atoms with Gasteiger partial charge in [-0.2, -0.15) is 0 Å². The van der Waals surface area contributed by atoms with Crippen molar-refractivity contribution < 1.29 is 4.79 Å². The van der Waals surface area contributed by atoms with E-state index in [1.54, 1.807) is 11.3 Å². The van der Waals surface area contributed by atoms with Crippen molar-refractivity contribution in [3.63, 3.8) is 0 Å². The summed E-state index contributed by atoms with van der Waals surface area (Å²) in [5.74, 6) is 0.518. The van der Waals surface area contributed by atoms with Crippen LogP contribution in [0.25, 0.3) is 16.5 Å². The van der Waals surface area contributed by atoms with Gasteiger partial charge in [0.25, 0.3) is 0 Å². The second-order valence-corrected chi connectivity index (χ2v) is 7.67. The Morgan fingerprint density at radius 2 is 1.93 bits per heavy atom. The largest absolute Gasteiger partial charge is 0.398 e. The van der Waals surface area contributed by atoms with Gasteiger partial charge in [0.1, 0.15) is 5.84 Å². The predicted molar refractivity (Wildman–Crippen MR) is 115 cm³/mol. The summed E-state index contributed by atoms with van der Waals surface area (Å²) in [4.78, 5) is 20.6. The zero-order chi connectivity index (χ0) is 19.4. The van der Waals surface area contributed by atoms with Crippen molar-refractivity contribution in [2.75, 3.05) is 18.8 Å². The van der Waals surface area contributed by atoms with Gasteiger partial charge < -0.3 is 16.4 Å². The molecule has 0 spiro atoms. The molecule has 0 aliphatic carbocycles. The van der Waals surface area contributed by atoms with Crippen molar-refractivity contribution in [3.8, 4) is 10.4 Å². The maximum atomic E-state index is 13.0. The Hall–Kier alpha value is -2.60. The van der Waals surface area contributed by atoms with Crippen LogP contribution in [-0.2, 0) is 4.79 Å². The molecule has 0 atom stereocenters. The first-order chi connectivity index (χ1) is 13.0. The van der Waals surface area contributed by atoms with Gasteiger partial charge in [-0.1, -0.05) is 26.0 Å². The van der Waals surface area contributed by atoms with E-state index in [9.17, 15) is 4.79 Å². The first kappa shape index (κ1) is 19.2. The molecule has 142 valence electrons. The second-order valence-electron chi connectivity index (χ2n) is 6.76. The fourth-order valence-electron chi connectivity index (χ4n) is 3.24. The Kier molecular flexibility index (Phi) is 5.96. The van der Waals surface area contributed by atoms with Crippen LogP contribution >= 0.6 is 11.3 Å². The van der Waals surface area contributed by atoms with Crippen LogP contribution < -0.4 is 11.5 Å². The zero-order valence-electron chi connectivity index (χ0n) is 15.9. The first-order valence-electron chi connectivity index (χ1n) is 9.33. The lowest BCUT2D eigenvalue weighted by atomic mass is 10.0. The molecule has 3 rings (SSSR count). The van der Waals surface area contributed by atoms with Crippen molar-refractivity contribution in [3.05, 3.63) is 40.8 Å². The molecule has 0 bridgehead atoms. The highest BCUT2D eigenvalue weighted by Gasteiger charge is 2.21. The smallest absolute Gasteiger partial charge is 0.250 e. The van der Waals surface area contributed by atoms with Gasteiger partial charge in [0.05, 0.1) is 5.69 Å². The topological polar surface area (TPSA) is 84.7 Å². The molecule has 27 heavy (non-hydrogen) atoms. The standard InChI is InChI=1S/C21H26N4OS/c1-3-7-25(8-4-2)21(26)16-9-14-5-6-15(19-12-17(22)13-27-19)10-18(14)24-20(23)11-16/h5-6,9-10,12-13H,3-4,7-8,11,22H2,1-2H3,(H2,23,24). The van der Waals surface area contributed by atoms with Gasteiger partial charge in [-0.3, -0.25) is 4.79 Å². The number of thiophene rings is 1. The van der Waals surface area contributed by atoms with Crippen LogP contribution in [0.5, 0.6) is 0 Å². The van der Waals surface area contributed by atoms with E-state index >= 15 is 0 Å². The summed E-state index contributed by atoms with van der Waals surface area (Å²) < 4.78 is 0. The van der Waals surface area contributed by atoms with Crippen molar-refractivity contribution in [1.82, 2.24) is 4.90 Å². The summed E-state index contributed by atoms with van der Waals surface area (Å²) in [6.07, 6.45) is 4.18. The molecule has 0 fully saturated rings. The first-order valence-corrected chi connectivity index (χ1v) is 10.2. The number of anilines is 1. The molecule has 0 saturated heterocycles. The van der Waals surface area contributed by atoms with E-state index in [0.29, 0.717) is 17.8 Å². The third kappa shape index (κ3) is 4.39. The summed E-state index contributed by atoms with van der Waals surface area (Å²) in [7, 11) is 0. The van der Waals surface area contributed by atoms with E-state index in [0.717, 1.165) is 53.3 Å². The minimum absolute atomic E-state index is 0.0554. The number of nitrogens with zero attached hydrogens (tertiary/aromatic N) is 2. The van der Waals surface area contributed by atoms with Crippen molar-refractivity contribution >= 4 is 40.5 Å². The number of nitrogen functional groups attached to an aromatic ring is 1. The lowest BCUT2D eigenvalue weighted by Crippen LogP contribution is -2.34. The lowest BCUT2D eigenvalue weighted by molar-refractivity contribution is -0.127. The monoisotopic (exact) mass is 382 g/mol. The Labute approximate surface area is 164 Å². The van der Waals surface area contributed by atoms with E-state index in [1.165, 1.54) is 0 Å². The van der Waals surface area contributed by atoms with E-state index in [4.69, 9.17) is 11.5 Å². The molecule has 6 heteroatoms. The van der Waals surface area contributed by atoms with Crippen molar-refractivity contribution in [2.45, 2.75) is 33.1 Å². The van der Waals surface area contributed by atoms with Crippen molar-refractivity contribution in [2.24, 2.45) is 10.7 Å². The van der Waals surface area contributed by atoms with Gasteiger partial charge in [-0.25, -0.2) is 4.99 Å². The number of aliphatic imine (C=N–C) groups is 1. The second kappa shape index (κ2) is 8.39. The number of hydrogen-bond acceptors (Lipinski definition) is 5.